The van der Waals surface area contributed by atoms with Gasteiger partial charge in [0.05, 0.1) is 26.8 Å². The fourth-order valence-corrected chi connectivity index (χ4v) is 10.4. The molecular weight excluding hydrogens is 968 g/mol. The topological polar surface area (TPSA) is 161 Å². The molecule has 4 fully saturated rings. The lowest BCUT2D eigenvalue weighted by Crippen LogP contribution is -2.37. The van der Waals surface area contributed by atoms with Crippen LogP contribution in [0.2, 0.25) is 15.3 Å². The first-order chi connectivity index (χ1) is 33.1. The summed E-state index contributed by atoms with van der Waals surface area (Å²) < 4.78 is 97.5. The molecule has 0 amide bonds. The summed E-state index contributed by atoms with van der Waals surface area (Å²) in [6, 6.07) is 18.0. The molecule has 8 aromatic rings. The maximum atomic E-state index is 13.6. The van der Waals surface area contributed by atoms with E-state index >= 15 is 0 Å². The molecule has 0 spiro atoms. The summed E-state index contributed by atoms with van der Waals surface area (Å²) in [5, 5.41) is 3.55. The number of ether oxygens (including phenoxy) is 8. The van der Waals surface area contributed by atoms with E-state index in [4.69, 9.17) is 72.7 Å². The highest BCUT2D eigenvalue weighted by Crippen LogP contribution is 2.49. The quantitative estimate of drug-likeness (QED) is 0.119. The van der Waals surface area contributed by atoms with Crippen LogP contribution < -0.4 is 9.47 Å². The van der Waals surface area contributed by atoms with Crippen molar-refractivity contribution in [2.24, 2.45) is 0 Å². The lowest BCUT2D eigenvalue weighted by Gasteiger charge is -2.30. The van der Waals surface area contributed by atoms with Gasteiger partial charge in [0.25, 0.3) is 0 Å². The van der Waals surface area contributed by atoms with E-state index in [-0.39, 0.29) is 41.2 Å². The Morgan fingerprint density at radius 3 is 2.06 bits per heavy atom. The Hall–Kier alpha value is -5.48. The third-order valence-corrected chi connectivity index (χ3v) is 13.7. The summed E-state index contributed by atoms with van der Waals surface area (Å²) in [4.78, 5) is 25.9. The van der Waals surface area contributed by atoms with Crippen molar-refractivity contribution in [2.45, 2.75) is 94.0 Å². The predicted octanol–water partition coefficient (Wildman–Crippen LogP) is 9.47. The van der Waals surface area contributed by atoms with E-state index in [0.717, 1.165) is 11.5 Å². The monoisotopic (exact) mass is 1000 g/mol. The van der Waals surface area contributed by atoms with Crippen molar-refractivity contribution in [1.29, 1.82) is 0 Å². The summed E-state index contributed by atoms with van der Waals surface area (Å²) in [6.45, 7) is 5.56. The van der Waals surface area contributed by atoms with E-state index in [1.165, 1.54) is 24.8 Å². The first-order valence-electron chi connectivity index (χ1n) is 21.9. The van der Waals surface area contributed by atoms with Crippen LogP contribution in [0.25, 0.3) is 43.9 Å². The number of fused-ring (bicyclic) bond motifs is 6. The van der Waals surface area contributed by atoms with Crippen molar-refractivity contribution in [1.82, 2.24) is 39.0 Å². The molecule has 0 N–H and O–H groups in total. The van der Waals surface area contributed by atoms with Gasteiger partial charge in [0.15, 0.2) is 24.0 Å². The van der Waals surface area contributed by atoms with E-state index in [1.807, 2.05) is 49.6 Å². The van der Waals surface area contributed by atoms with Crippen LogP contribution in [-0.4, -0.2) is 100 Å². The number of halogens is 6. The largest absolute Gasteiger partial charge is 0.491 e. The van der Waals surface area contributed by atoms with Crippen molar-refractivity contribution in [3.05, 3.63) is 118 Å². The molecule has 0 aliphatic carbocycles. The molecule has 69 heavy (non-hydrogen) atoms. The minimum Gasteiger partial charge on any atom is -0.491 e. The van der Waals surface area contributed by atoms with Crippen molar-refractivity contribution in [2.75, 3.05) is 13.2 Å². The smallest absolute Gasteiger partial charge is 0.433 e. The SMILES string of the molecule is CC1(C)O[C@@H]2[C@H](O1)[C@@H](COc1ccc3c(Cl)ccnc3c1)O[C@H]2n1c(CC2(C)O[C@@H]3[C@H](O2)[C@@H](COc2ccc4ccc(C(F)(F)F)nc4c2)O[C@H]3n2ccc3c(Cl)ncnc32)cc2c(Cl)ncnc21. The number of aromatic nitrogens is 8. The summed E-state index contributed by atoms with van der Waals surface area (Å²) in [5.41, 5.74) is 1.45. The van der Waals surface area contributed by atoms with Crippen LogP contribution in [0.15, 0.2) is 91.8 Å². The second-order valence-electron chi connectivity index (χ2n) is 17.8. The van der Waals surface area contributed by atoms with Crippen LogP contribution in [-0.2, 0) is 41.0 Å². The molecule has 1 unspecified atom stereocenters. The number of rotatable bonds is 10. The molecule has 4 aliphatic heterocycles. The lowest BCUT2D eigenvalue weighted by molar-refractivity contribution is -0.211. The highest BCUT2D eigenvalue weighted by atomic mass is 35.5. The van der Waals surface area contributed by atoms with Gasteiger partial charge < -0.3 is 47.0 Å². The number of hydrogen-bond donors (Lipinski definition) is 0. The highest BCUT2D eigenvalue weighted by molar-refractivity contribution is 6.35. The third kappa shape index (κ3) is 7.97. The first kappa shape index (κ1) is 44.7. The average molecular weight is 1010 g/mol. The van der Waals surface area contributed by atoms with Crippen LogP contribution in [0.3, 0.4) is 0 Å². The normalized spacial score (nSPS) is 27.5. The van der Waals surface area contributed by atoms with Gasteiger partial charge in [0.1, 0.15) is 101 Å². The predicted molar refractivity (Wildman–Crippen MR) is 243 cm³/mol. The van der Waals surface area contributed by atoms with Crippen molar-refractivity contribution >= 4 is 78.7 Å². The second kappa shape index (κ2) is 16.6. The van der Waals surface area contributed by atoms with Gasteiger partial charge in [-0.3, -0.25) is 4.98 Å². The molecule has 4 aliphatic rings. The van der Waals surface area contributed by atoms with Crippen LogP contribution in [0, 0.1) is 0 Å². The van der Waals surface area contributed by atoms with Crippen molar-refractivity contribution in [3.8, 4) is 11.5 Å². The standard InChI is InChI=1S/C47H38Cl3F3N8O8/c1-45(2)66-35-32(18-63-25-7-8-26-29(48)10-12-54-31(26)16-25)65-44(38(35)67-45)61-23(14-28-40(50)56-21-58-42(28)61)17-46(3)68-36-33(19-62-24-6-4-22-5-9-34(47(51,52)53)59-30(22)15-24)64-43(37(36)69-46)60-13-11-27-39(49)55-20-57-41(27)60/h4-16,20-21,32-33,35-38,43-44H,17-19H2,1-3H3/t32-,33-,35-,36-,37-,38-,43-,44-,46?/m1/s1. The van der Waals surface area contributed by atoms with E-state index in [9.17, 15) is 13.2 Å². The third-order valence-electron chi connectivity index (χ3n) is 12.8. The molecule has 12 rings (SSSR count). The van der Waals surface area contributed by atoms with Crippen molar-refractivity contribution < 1.29 is 51.1 Å². The molecule has 6 aromatic heterocycles. The molecule has 10 heterocycles. The van der Waals surface area contributed by atoms with Crippen LogP contribution in [0.4, 0.5) is 13.2 Å². The van der Waals surface area contributed by atoms with Gasteiger partial charge in [0, 0.05) is 47.4 Å². The van der Waals surface area contributed by atoms with Gasteiger partial charge in [-0.25, -0.2) is 24.9 Å². The summed E-state index contributed by atoms with van der Waals surface area (Å²) in [6.07, 6.45) is -3.88. The minimum absolute atomic E-state index is 0.0684. The van der Waals surface area contributed by atoms with Gasteiger partial charge >= 0.3 is 6.18 Å². The average Bonchev–Trinajstić information content (AvgIpc) is 4.16. The molecule has 0 saturated carbocycles. The number of hydrogen-bond acceptors (Lipinski definition) is 14. The molecule has 4 saturated heterocycles. The molecule has 9 atom stereocenters. The number of alkyl halides is 3. The molecule has 22 heteroatoms. The Bertz CT molecular complexity index is 3330. The zero-order valence-electron chi connectivity index (χ0n) is 36.5. The number of benzene rings is 2. The maximum Gasteiger partial charge on any atom is 0.433 e. The molecular formula is C47H38Cl3F3N8O8. The molecule has 2 aromatic carbocycles. The van der Waals surface area contributed by atoms with Crippen LogP contribution in [0.5, 0.6) is 11.5 Å². The summed E-state index contributed by atoms with van der Waals surface area (Å²) in [7, 11) is 0. The Morgan fingerprint density at radius 2 is 1.29 bits per heavy atom. The fourth-order valence-electron chi connectivity index (χ4n) is 9.85. The highest BCUT2D eigenvalue weighted by Gasteiger charge is 2.60. The Morgan fingerprint density at radius 1 is 0.652 bits per heavy atom. The second-order valence-corrected chi connectivity index (χ2v) is 19.0. The van der Waals surface area contributed by atoms with Gasteiger partial charge in [-0.2, -0.15) is 13.2 Å². The molecule has 16 nitrogen and oxygen atoms in total. The number of nitrogens with zero attached hydrogens (tertiary/aromatic N) is 8. The summed E-state index contributed by atoms with van der Waals surface area (Å²) in [5.74, 6) is -1.43. The van der Waals surface area contributed by atoms with Crippen LogP contribution >= 0.6 is 34.8 Å². The van der Waals surface area contributed by atoms with E-state index in [1.54, 1.807) is 41.2 Å². The van der Waals surface area contributed by atoms with Crippen LogP contribution in [0.1, 0.15) is 44.6 Å². The molecule has 356 valence electrons. The van der Waals surface area contributed by atoms with Gasteiger partial charge in [-0.15, -0.1) is 0 Å². The molecule has 0 radical (unpaired) electrons. The van der Waals surface area contributed by atoms with E-state index in [0.29, 0.717) is 49.4 Å². The van der Waals surface area contributed by atoms with Gasteiger partial charge in [-0.1, -0.05) is 40.9 Å². The van der Waals surface area contributed by atoms with Crippen molar-refractivity contribution in [3.63, 3.8) is 0 Å². The fraction of sp³-hybridized carbons (Fsp3) is 0.362. The Labute approximate surface area is 404 Å². The first-order valence-corrected chi connectivity index (χ1v) is 23.0. The zero-order valence-corrected chi connectivity index (χ0v) is 38.8. The number of pyridine rings is 2. The lowest BCUT2D eigenvalue weighted by atomic mass is 10.1. The molecule has 0 bridgehead atoms. The van der Waals surface area contributed by atoms with E-state index in [2.05, 4.69) is 29.9 Å². The maximum absolute atomic E-state index is 13.6. The zero-order chi connectivity index (χ0) is 47.6. The minimum atomic E-state index is -4.61. The van der Waals surface area contributed by atoms with Gasteiger partial charge in [-0.05, 0) is 69.3 Å². The Kier molecular flexibility index (Phi) is 10.7. The summed E-state index contributed by atoms with van der Waals surface area (Å²) >= 11 is 19.6. The van der Waals surface area contributed by atoms with Gasteiger partial charge in [0.2, 0.25) is 0 Å². The van der Waals surface area contributed by atoms with E-state index < -0.39 is 72.5 Å². The Balaban J connectivity index is 0.856.